The number of morpholine rings is 1. The van der Waals surface area contributed by atoms with Crippen LogP contribution in [0.1, 0.15) is 6.42 Å². The number of hydrogen-bond acceptors (Lipinski definition) is 5. The molecule has 9 heteroatoms. The molecule has 1 aromatic heterocycles. The molecule has 1 unspecified atom stereocenters. The molecule has 1 aliphatic heterocycles. The highest BCUT2D eigenvalue weighted by molar-refractivity contribution is 7.89. The number of carboxylic acid groups (broad SMARTS) is 1. The smallest absolute Gasteiger partial charge is 0.305 e. The van der Waals surface area contributed by atoms with Crippen LogP contribution in [0.2, 0.25) is 0 Å². The Morgan fingerprint density at radius 2 is 2.08 bits per heavy atom. The Hall–Kier alpha value is -2.23. The summed E-state index contributed by atoms with van der Waals surface area (Å²) < 4.78 is 33.7. The third-order valence-electron chi connectivity index (χ3n) is 3.80. The van der Waals surface area contributed by atoms with Crippen molar-refractivity contribution in [3.8, 4) is 5.69 Å². The molecule has 8 nitrogen and oxygen atoms in total. The van der Waals surface area contributed by atoms with Crippen molar-refractivity contribution in [3.05, 3.63) is 42.7 Å². The van der Waals surface area contributed by atoms with Crippen molar-refractivity contribution in [2.75, 3.05) is 19.8 Å². The maximum Gasteiger partial charge on any atom is 0.305 e. The van der Waals surface area contributed by atoms with Crippen LogP contribution >= 0.6 is 0 Å². The van der Waals surface area contributed by atoms with Gasteiger partial charge in [0.1, 0.15) is 0 Å². The predicted octanol–water partition coefficient (Wildman–Crippen LogP) is 0.736. The van der Waals surface area contributed by atoms with Crippen LogP contribution in [0.25, 0.3) is 5.69 Å². The van der Waals surface area contributed by atoms with E-state index in [0.717, 1.165) is 5.69 Å². The first-order valence-corrected chi connectivity index (χ1v) is 8.84. The van der Waals surface area contributed by atoms with Crippen molar-refractivity contribution in [2.24, 2.45) is 0 Å². The summed E-state index contributed by atoms with van der Waals surface area (Å²) in [5, 5.41) is 13.1. The van der Waals surface area contributed by atoms with Gasteiger partial charge in [0.15, 0.2) is 0 Å². The van der Waals surface area contributed by atoms with E-state index >= 15 is 0 Å². The minimum atomic E-state index is -3.78. The highest BCUT2D eigenvalue weighted by Gasteiger charge is 2.35. The van der Waals surface area contributed by atoms with Gasteiger partial charge in [0.2, 0.25) is 10.0 Å². The number of aliphatic carboxylic acids is 1. The molecule has 0 aliphatic carbocycles. The first kappa shape index (κ1) is 16.6. The van der Waals surface area contributed by atoms with Crippen LogP contribution in [0.15, 0.2) is 47.6 Å². The molecular formula is C15H17N3O5S. The highest BCUT2D eigenvalue weighted by atomic mass is 32.2. The Bertz CT molecular complexity index is 802. The quantitative estimate of drug-likeness (QED) is 0.852. The Balaban J connectivity index is 1.87. The lowest BCUT2D eigenvalue weighted by Gasteiger charge is -2.33. The van der Waals surface area contributed by atoms with Crippen LogP contribution in [0, 0.1) is 0 Å². The monoisotopic (exact) mass is 351 g/mol. The summed E-state index contributed by atoms with van der Waals surface area (Å²) in [5.74, 6) is -1.06. The second-order valence-corrected chi connectivity index (χ2v) is 7.28. The molecule has 0 radical (unpaired) electrons. The first-order chi connectivity index (χ1) is 11.5. The van der Waals surface area contributed by atoms with E-state index < -0.39 is 22.0 Å². The zero-order valence-electron chi connectivity index (χ0n) is 12.8. The largest absolute Gasteiger partial charge is 0.481 e. The van der Waals surface area contributed by atoms with Crippen molar-refractivity contribution in [2.45, 2.75) is 17.4 Å². The Kier molecular flexibility index (Phi) is 4.65. The summed E-state index contributed by atoms with van der Waals surface area (Å²) in [5.41, 5.74) is 0.739. The van der Waals surface area contributed by atoms with Gasteiger partial charge in [0.05, 0.1) is 36.3 Å². The van der Waals surface area contributed by atoms with Gasteiger partial charge in [-0.2, -0.15) is 9.40 Å². The fraction of sp³-hybridized carbons (Fsp3) is 0.333. The maximum absolute atomic E-state index is 12.8. The summed E-state index contributed by atoms with van der Waals surface area (Å²) in [7, 11) is -3.78. The van der Waals surface area contributed by atoms with E-state index in [1.54, 1.807) is 35.3 Å². The lowest BCUT2D eigenvalue weighted by atomic mass is 10.2. The van der Waals surface area contributed by atoms with Crippen molar-refractivity contribution in [3.63, 3.8) is 0 Å². The molecule has 0 amide bonds. The zero-order valence-corrected chi connectivity index (χ0v) is 13.6. The number of benzene rings is 1. The van der Waals surface area contributed by atoms with E-state index in [1.165, 1.54) is 16.4 Å². The van der Waals surface area contributed by atoms with E-state index in [0.29, 0.717) is 0 Å². The van der Waals surface area contributed by atoms with E-state index in [-0.39, 0.29) is 31.1 Å². The van der Waals surface area contributed by atoms with Crippen LogP contribution in [-0.4, -0.2) is 59.4 Å². The van der Waals surface area contributed by atoms with Crippen LogP contribution in [0.5, 0.6) is 0 Å². The average molecular weight is 351 g/mol. The predicted molar refractivity (Wildman–Crippen MR) is 84.3 cm³/mol. The van der Waals surface area contributed by atoms with Gasteiger partial charge in [-0.15, -0.1) is 0 Å². The van der Waals surface area contributed by atoms with Gasteiger partial charge in [-0.05, 0) is 30.3 Å². The second-order valence-electron chi connectivity index (χ2n) is 5.39. The van der Waals surface area contributed by atoms with Gasteiger partial charge in [-0.25, -0.2) is 13.1 Å². The van der Waals surface area contributed by atoms with Crippen molar-refractivity contribution in [1.29, 1.82) is 0 Å². The Morgan fingerprint density at radius 1 is 1.33 bits per heavy atom. The van der Waals surface area contributed by atoms with Crippen molar-refractivity contribution >= 4 is 16.0 Å². The van der Waals surface area contributed by atoms with Crippen molar-refractivity contribution < 1.29 is 23.1 Å². The second kappa shape index (κ2) is 6.71. The fourth-order valence-corrected chi connectivity index (χ4v) is 4.24. The number of carboxylic acids is 1. The number of nitrogens with zero attached hydrogens (tertiary/aromatic N) is 3. The summed E-state index contributed by atoms with van der Waals surface area (Å²) in [4.78, 5) is 11.1. The van der Waals surface area contributed by atoms with Gasteiger partial charge in [0.25, 0.3) is 0 Å². The molecule has 1 aliphatic rings. The third kappa shape index (κ3) is 3.32. The van der Waals surface area contributed by atoms with Gasteiger partial charge in [-0.1, -0.05) is 0 Å². The average Bonchev–Trinajstić information content (AvgIpc) is 3.09. The Morgan fingerprint density at radius 3 is 2.71 bits per heavy atom. The van der Waals surface area contributed by atoms with Gasteiger partial charge >= 0.3 is 5.97 Å². The molecule has 1 atom stereocenters. The molecule has 0 saturated carbocycles. The van der Waals surface area contributed by atoms with E-state index in [4.69, 9.17) is 9.84 Å². The molecule has 3 rings (SSSR count). The van der Waals surface area contributed by atoms with Crippen LogP contribution in [-0.2, 0) is 19.6 Å². The normalized spacial score (nSPS) is 19.2. The minimum absolute atomic E-state index is 0.0803. The number of hydrogen-bond donors (Lipinski definition) is 1. The van der Waals surface area contributed by atoms with Crippen molar-refractivity contribution in [1.82, 2.24) is 14.1 Å². The zero-order chi connectivity index (χ0) is 17.2. The molecular weight excluding hydrogens is 334 g/mol. The Labute approximate surface area is 139 Å². The van der Waals surface area contributed by atoms with Gasteiger partial charge in [0, 0.05) is 18.9 Å². The molecule has 2 heterocycles. The molecule has 0 spiro atoms. The molecule has 128 valence electrons. The lowest BCUT2D eigenvalue weighted by molar-refractivity contribution is -0.139. The standard InChI is InChI=1S/C15H17N3O5S/c19-15(20)10-13-11-23-9-8-18(13)24(21,22)14-4-2-12(3-5-14)17-7-1-6-16-17/h1-7,13H,8-11H2,(H,19,20). The minimum Gasteiger partial charge on any atom is -0.481 e. The van der Waals surface area contributed by atoms with Gasteiger partial charge < -0.3 is 9.84 Å². The fourth-order valence-electron chi connectivity index (χ4n) is 2.65. The molecule has 2 aromatic rings. The molecule has 1 N–H and O–H groups in total. The molecule has 24 heavy (non-hydrogen) atoms. The van der Waals surface area contributed by atoms with Crippen LogP contribution in [0.3, 0.4) is 0 Å². The van der Waals surface area contributed by atoms with Crippen LogP contribution in [0.4, 0.5) is 0 Å². The lowest BCUT2D eigenvalue weighted by Crippen LogP contribution is -2.49. The first-order valence-electron chi connectivity index (χ1n) is 7.40. The molecule has 0 bridgehead atoms. The number of aromatic nitrogens is 2. The third-order valence-corrected chi connectivity index (χ3v) is 5.76. The number of sulfonamides is 1. The van der Waals surface area contributed by atoms with Crippen LogP contribution < -0.4 is 0 Å². The summed E-state index contributed by atoms with van der Waals surface area (Å²) >= 11 is 0. The summed E-state index contributed by atoms with van der Waals surface area (Å²) in [6.07, 6.45) is 3.11. The highest BCUT2D eigenvalue weighted by Crippen LogP contribution is 2.23. The number of carbonyl (C=O) groups is 1. The summed E-state index contributed by atoms with van der Waals surface area (Å²) in [6, 6.07) is 7.39. The topological polar surface area (TPSA) is 102 Å². The molecule has 1 aromatic carbocycles. The maximum atomic E-state index is 12.8. The molecule has 1 fully saturated rings. The van der Waals surface area contributed by atoms with E-state index in [2.05, 4.69) is 5.10 Å². The number of rotatable bonds is 5. The number of ether oxygens (including phenoxy) is 1. The summed E-state index contributed by atoms with van der Waals surface area (Å²) in [6.45, 7) is 0.471. The van der Waals surface area contributed by atoms with E-state index in [1.807, 2.05) is 0 Å². The molecule has 1 saturated heterocycles. The SMILES string of the molecule is O=C(O)CC1COCCN1S(=O)(=O)c1ccc(-n2cccn2)cc1. The van der Waals surface area contributed by atoms with Gasteiger partial charge in [-0.3, -0.25) is 4.79 Å². The van der Waals surface area contributed by atoms with E-state index in [9.17, 15) is 13.2 Å².